The summed E-state index contributed by atoms with van der Waals surface area (Å²) in [5.41, 5.74) is 1.74. The van der Waals surface area contributed by atoms with E-state index < -0.39 is 0 Å². The fourth-order valence-corrected chi connectivity index (χ4v) is 1.82. The summed E-state index contributed by atoms with van der Waals surface area (Å²) in [6.07, 6.45) is 0.922. The van der Waals surface area contributed by atoms with Crippen molar-refractivity contribution in [1.29, 1.82) is 0 Å². The number of fused-ring (bicyclic) bond motifs is 1. The second-order valence-corrected chi connectivity index (χ2v) is 3.51. The highest BCUT2D eigenvalue weighted by Gasteiger charge is 2.14. The number of anilines is 1. The van der Waals surface area contributed by atoms with Crippen LogP contribution in [0.15, 0.2) is 16.6 Å². The molecule has 0 aromatic heterocycles. The van der Waals surface area contributed by atoms with E-state index in [1.54, 1.807) is 0 Å². The molecule has 0 amide bonds. The Hall–Kier alpha value is -0.280. The van der Waals surface area contributed by atoms with Crippen molar-refractivity contribution in [1.82, 2.24) is 0 Å². The zero-order valence-corrected chi connectivity index (χ0v) is 8.64. The minimum absolute atomic E-state index is 0. The Morgan fingerprint density at radius 3 is 2.92 bits per heavy atom. The van der Waals surface area contributed by atoms with Gasteiger partial charge in [-0.05, 0) is 24.1 Å². The first kappa shape index (κ1) is 9.81. The maximum atomic E-state index is 13.1. The molecule has 12 heavy (non-hydrogen) atoms. The van der Waals surface area contributed by atoms with Gasteiger partial charge in [0.25, 0.3) is 0 Å². The van der Waals surface area contributed by atoms with Crippen molar-refractivity contribution in [3.05, 3.63) is 28.0 Å². The molecule has 1 aromatic rings. The average molecular weight is 253 g/mol. The Morgan fingerprint density at radius 2 is 2.17 bits per heavy atom. The maximum Gasteiger partial charge on any atom is 0.147 e. The van der Waals surface area contributed by atoms with Crippen LogP contribution in [0.3, 0.4) is 0 Å². The van der Waals surface area contributed by atoms with Gasteiger partial charge in [-0.25, -0.2) is 4.39 Å². The van der Waals surface area contributed by atoms with Crippen molar-refractivity contribution in [2.45, 2.75) is 6.42 Å². The van der Waals surface area contributed by atoms with Gasteiger partial charge in [-0.3, -0.25) is 0 Å². The highest BCUT2D eigenvalue weighted by Crippen LogP contribution is 2.28. The van der Waals surface area contributed by atoms with Crippen LogP contribution >= 0.6 is 28.3 Å². The Labute approximate surface area is 84.9 Å². The van der Waals surface area contributed by atoms with Crippen LogP contribution in [0.2, 0.25) is 0 Å². The second-order valence-electron chi connectivity index (χ2n) is 2.60. The third-order valence-corrected chi connectivity index (χ3v) is 2.29. The number of hydrogen-bond acceptors (Lipinski definition) is 1. The van der Waals surface area contributed by atoms with E-state index in [9.17, 15) is 4.39 Å². The third kappa shape index (κ3) is 1.57. The maximum absolute atomic E-state index is 13.1. The summed E-state index contributed by atoms with van der Waals surface area (Å²) in [6.45, 7) is 0.850. The van der Waals surface area contributed by atoms with E-state index >= 15 is 0 Å². The monoisotopic (exact) mass is 251 g/mol. The van der Waals surface area contributed by atoms with E-state index in [0.29, 0.717) is 5.69 Å². The summed E-state index contributed by atoms with van der Waals surface area (Å²) in [6, 6.07) is 3.44. The Kier molecular flexibility index (Phi) is 2.96. The Morgan fingerprint density at radius 1 is 1.42 bits per heavy atom. The molecule has 1 aliphatic heterocycles. The molecule has 0 saturated heterocycles. The normalized spacial score (nSPS) is 13.2. The first-order valence-electron chi connectivity index (χ1n) is 3.49. The Balaban J connectivity index is 0.000000720. The lowest BCUT2D eigenvalue weighted by molar-refractivity contribution is 0.630. The fourth-order valence-electron chi connectivity index (χ4n) is 1.34. The van der Waals surface area contributed by atoms with E-state index in [0.717, 1.165) is 23.0 Å². The molecular weight excluding hydrogens is 244 g/mol. The van der Waals surface area contributed by atoms with Crippen LogP contribution in [-0.2, 0) is 6.42 Å². The topological polar surface area (TPSA) is 12.0 Å². The standard InChI is InChI=1S/C8H7BrFN.ClH/c9-6-3-5-1-2-11-8(5)7(10)4-6;/h3-4,11H,1-2H2;1H. The molecule has 2 rings (SSSR count). The zero-order valence-electron chi connectivity index (χ0n) is 6.23. The highest BCUT2D eigenvalue weighted by atomic mass is 79.9. The lowest BCUT2D eigenvalue weighted by Crippen LogP contribution is -1.93. The molecule has 0 saturated carbocycles. The molecule has 1 aromatic carbocycles. The summed E-state index contributed by atoms with van der Waals surface area (Å²) >= 11 is 3.25. The van der Waals surface area contributed by atoms with Crippen molar-refractivity contribution in [2.24, 2.45) is 0 Å². The van der Waals surface area contributed by atoms with Gasteiger partial charge in [0.15, 0.2) is 0 Å². The first-order valence-corrected chi connectivity index (χ1v) is 4.28. The van der Waals surface area contributed by atoms with Crippen LogP contribution in [0, 0.1) is 5.82 Å². The first-order chi connectivity index (χ1) is 5.27. The van der Waals surface area contributed by atoms with Gasteiger partial charge in [0.05, 0.1) is 5.69 Å². The van der Waals surface area contributed by atoms with Gasteiger partial charge in [0.1, 0.15) is 5.82 Å². The molecule has 1 nitrogen and oxygen atoms in total. The summed E-state index contributed by atoms with van der Waals surface area (Å²) < 4.78 is 13.9. The summed E-state index contributed by atoms with van der Waals surface area (Å²) in [7, 11) is 0. The predicted octanol–water partition coefficient (Wildman–Crippen LogP) is 2.98. The second kappa shape index (κ2) is 3.62. The summed E-state index contributed by atoms with van der Waals surface area (Å²) in [4.78, 5) is 0. The van der Waals surface area contributed by atoms with E-state index in [1.807, 2.05) is 6.07 Å². The van der Waals surface area contributed by atoms with Gasteiger partial charge in [0, 0.05) is 11.0 Å². The lowest BCUT2D eigenvalue weighted by Gasteiger charge is -2.01. The molecule has 0 aliphatic carbocycles. The van der Waals surface area contributed by atoms with E-state index in [-0.39, 0.29) is 18.2 Å². The van der Waals surface area contributed by atoms with Gasteiger partial charge in [0.2, 0.25) is 0 Å². The van der Waals surface area contributed by atoms with Gasteiger partial charge < -0.3 is 5.32 Å². The van der Waals surface area contributed by atoms with Crippen LogP contribution in [0.5, 0.6) is 0 Å². The minimum Gasteiger partial charge on any atom is -0.382 e. The molecule has 1 aliphatic rings. The van der Waals surface area contributed by atoms with Crippen molar-refractivity contribution in [3.8, 4) is 0 Å². The molecule has 0 atom stereocenters. The van der Waals surface area contributed by atoms with Gasteiger partial charge in [-0.2, -0.15) is 0 Å². The van der Waals surface area contributed by atoms with E-state index in [4.69, 9.17) is 0 Å². The van der Waals surface area contributed by atoms with Gasteiger partial charge in [-0.15, -0.1) is 12.4 Å². The molecule has 0 spiro atoms. The number of halogens is 3. The van der Waals surface area contributed by atoms with E-state index in [2.05, 4.69) is 21.2 Å². The van der Waals surface area contributed by atoms with Crippen LogP contribution in [0.4, 0.5) is 10.1 Å². The largest absolute Gasteiger partial charge is 0.382 e. The van der Waals surface area contributed by atoms with Crippen molar-refractivity contribution in [3.63, 3.8) is 0 Å². The molecule has 1 heterocycles. The molecule has 4 heteroatoms. The molecule has 1 N–H and O–H groups in total. The molecule has 66 valence electrons. The summed E-state index contributed by atoms with van der Waals surface area (Å²) in [5, 5.41) is 3.00. The molecule has 0 radical (unpaired) electrons. The SMILES string of the molecule is Cl.Fc1cc(Br)cc2c1NCC2. The molecule has 0 fully saturated rings. The lowest BCUT2D eigenvalue weighted by atomic mass is 10.2. The number of hydrogen-bond donors (Lipinski definition) is 1. The number of nitrogens with one attached hydrogen (secondary N) is 1. The highest BCUT2D eigenvalue weighted by molar-refractivity contribution is 9.10. The van der Waals surface area contributed by atoms with E-state index in [1.165, 1.54) is 6.07 Å². The molecular formula is C8H8BrClFN. The van der Waals surface area contributed by atoms with Gasteiger partial charge in [-0.1, -0.05) is 15.9 Å². The summed E-state index contributed by atoms with van der Waals surface area (Å²) in [5.74, 6) is -0.160. The van der Waals surface area contributed by atoms with Crippen LogP contribution in [-0.4, -0.2) is 6.54 Å². The van der Waals surface area contributed by atoms with Crippen LogP contribution in [0.1, 0.15) is 5.56 Å². The fraction of sp³-hybridized carbons (Fsp3) is 0.250. The Bertz CT molecular complexity index is 303. The van der Waals surface area contributed by atoms with Gasteiger partial charge >= 0.3 is 0 Å². The zero-order chi connectivity index (χ0) is 7.84. The number of rotatable bonds is 0. The quantitative estimate of drug-likeness (QED) is 0.748. The van der Waals surface area contributed by atoms with Crippen molar-refractivity contribution >= 4 is 34.0 Å². The average Bonchev–Trinajstić information content (AvgIpc) is 2.34. The minimum atomic E-state index is -0.160. The van der Waals surface area contributed by atoms with Crippen LogP contribution in [0.25, 0.3) is 0 Å². The van der Waals surface area contributed by atoms with Crippen LogP contribution < -0.4 is 5.32 Å². The molecule has 0 unspecified atom stereocenters. The third-order valence-electron chi connectivity index (χ3n) is 1.83. The predicted molar refractivity (Wildman–Crippen MR) is 53.5 cm³/mol. The smallest absolute Gasteiger partial charge is 0.147 e. The number of benzene rings is 1. The van der Waals surface area contributed by atoms with Crippen molar-refractivity contribution < 1.29 is 4.39 Å². The molecule has 0 bridgehead atoms. The van der Waals surface area contributed by atoms with Crippen molar-refractivity contribution in [2.75, 3.05) is 11.9 Å².